The zero-order chi connectivity index (χ0) is 19.9. The molecule has 0 radical (unpaired) electrons. The smallest absolute Gasteiger partial charge is 0.222 e. The highest BCUT2D eigenvalue weighted by atomic mass is 16.5. The van der Waals surface area contributed by atoms with Crippen molar-refractivity contribution in [3.63, 3.8) is 0 Å². The van der Waals surface area contributed by atoms with Crippen LogP contribution in [-0.2, 0) is 9.53 Å². The van der Waals surface area contributed by atoms with Crippen molar-refractivity contribution in [1.82, 2.24) is 10.2 Å². The first-order valence-corrected chi connectivity index (χ1v) is 11.7. The van der Waals surface area contributed by atoms with Crippen LogP contribution >= 0.6 is 0 Å². The van der Waals surface area contributed by atoms with E-state index in [2.05, 4.69) is 45.4 Å². The van der Waals surface area contributed by atoms with Gasteiger partial charge in [0.25, 0.3) is 0 Å². The SMILES string of the molecule is O=C(CC1CCCCO1)NCC1(N2CCN(c3ccccc3)CC2)CCCCC1. The molecule has 160 valence electrons. The summed E-state index contributed by atoms with van der Waals surface area (Å²) in [4.78, 5) is 17.8. The van der Waals surface area contributed by atoms with Crippen molar-refractivity contribution in [2.24, 2.45) is 0 Å². The summed E-state index contributed by atoms with van der Waals surface area (Å²) in [5.41, 5.74) is 1.47. The summed E-state index contributed by atoms with van der Waals surface area (Å²) < 4.78 is 5.76. The van der Waals surface area contributed by atoms with Crippen molar-refractivity contribution in [2.45, 2.75) is 69.4 Å². The molecule has 1 aliphatic carbocycles. The Bertz CT molecular complexity index is 631. The van der Waals surface area contributed by atoms with E-state index in [4.69, 9.17) is 4.74 Å². The zero-order valence-corrected chi connectivity index (χ0v) is 17.8. The molecular formula is C24H37N3O2. The average Bonchev–Trinajstić information content (AvgIpc) is 2.80. The molecule has 4 rings (SSSR count). The summed E-state index contributed by atoms with van der Waals surface area (Å²) in [6.45, 7) is 5.90. The molecule has 0 spiro atoms. The van der Waals surface area contributed by atoms with Crippen LogP contribution in [0.5, 0.6) is 0 Å². The Labute approximate surface area is 175 Å². The topological polar surface area (TPSA) is 44.8 Å². The van der Waals surface area contributed by atoms with Gasteiger partial charge in [0.2, 0.25) is 5.91 Å². The van der Waals surface area contributed by atoms with Gasteiger partial charge >= 0.3 is 0 Å². The van der Waals surface area contributed by atoms with Crippen LogP contribution in [0, 0.1) is 0 Å². The number of carbonyl (C=O) groups excluding carboxylic acids is 1. The lowest BCUT2D eigenvalue weighted by Crippen LogP contribution is -2.62. The number of piperazine rings is 1. The molecule has 0 bridgehead atoms. The van der Waals surface area contributed by atoms with E-state index >= 15 is 0 Å². The molecule has 2 saturated heterocycles. The number of para-hydroxylation sites is 1. The van der Waals surface area contributed by atoms with Crippen molar-refractivity contribution in [2.75, 3.05) is 44.2 Å². The molecule has 1 unspecified atom stereocenters. The molecular weight excluding hydrogens is 362 g/mol. The van der Waals surface area contributed by atoms with Gasteiger partial charge in [0.05, 0.1) is 12.5 Å². The second-order valence-electron chi connectivity index (χ2n) is 9.06. The molecule has 5 nitrogen and oxygen atoms in total. The number of hydrogen-bond donors (Lipinski definition) is 1. The number of amides is 1. The minimum absolute atomic E-state index is 0.125. The number of carbonyl (C=O) groups is 1. The summed E-state index contributed by atoms with van der Waals surface area (Å²) in [7, 11) is 0. The first-order valence-electron chi connectivity index (χ1n) is 11.7. The number of nitrogens with one attached hydrogen (secondary N) is 1. The minimum Gasteiger partial charge on any atom is -0.378 e. The van der Waals surface area contributed by atoms with E-state index in [9.17, 15) is 4.79 Å². The van der Waals surface area contributed by atoms with E-state index in [0.717, 1.165) is 52.2 Å². The van der Waals surface area contributed by atoms with Gasteiger partial charge in [-0.1, -0.05) is 37.5 Å². The van der Waals surface area contributed by atoms with Crippen LogP contribution in [0.15, 0.2) is 30.3 Å². The van der Waals surface area contributed by atoms with E-state index in [-0.39, 0.29) is 17.6 Å². The van der Waals surface area contributed by atoms with Gasteiger partial charge < -0.3 is 15.0 Å². The molecule has 0 aromatic heterocycles. The first kappa shape index (κ1) is 20.7. The standard InChI is InChI=1S/C24H37N3O2/c28-23(19-22-11-5-8-18-29-22)25-20-24(12-6-2-7-13-24)27-16-14-26(15-17-27)21-9-3-1-4-10-21/h1,3-4,9-10,22H,2,5-8,11-20H2,(H,25,28). The molecule has 29 heavy (non-hydrogen) atoms. The predicted molar refractivity (Wildman–Crippen MR) is 117 cm³/mol. The zero-order valence-electron chi connectivity index (χ0n) is 17.8. The Balaban J connectivity index is 1.32. The normalized spacial score (nSPS) is 25.5. The summed E-state index contributed by atoms with van der Waals surface area (Å²) in [6, 6.07) is 10.7. The molecule has 1 aromatic rings. The summed E-state index contributed by atoms with van der Waals surface area (Å²) >= 11 is 0. The van der Waals surface area contributed by atoms with Gasteiger partial charge in [0, 0.05) is 50.6 Å². The van der Waals surface area contributed by atoms with Crippen molar-refractivity contribution in [3.05, 3.63) is 30.3 Å². The highest BCUT2D eigenvalue weighted by Gasteiger charge is 2.39. The fourth-order valence-electron chi connectivity index (χ4n) is 5.40. The molecule has 2 heterocycles. The van der Waals surface area contributed by atoms with Gasteiger partial charge in [-0.25, -0.2) is 0 Å². The number of ether oxygens (including phenoxy) is 1. The van der Waals surface area contributed by atoms with E-state index in [1.165, 1.54) is 44.2 Å². The second-order valence-corrected chi connectivity index (χ2v) is 9.06. The number of anilines is 1. The van der Waals surface area contributed by atoms with E-state index in [1.807, 2.05) is 0 Å². The first-order chi connectivity index (χ1) is 14.3. The number of nitrogens with zero attached hydrogens (tertiary/aromatic N) is 2. The lowest BCUT2D eigenvalue weighted by Gasteiger charge is -2.50. The molecule has 5 heteroatoms. The monoisotopic (exact) mass is 399 g/mol. The Morgan fingerprint density at radius 2 is 1.76 bits per heavy atom. The molecule has 2 aliphatic heterocycles. The van der Waals surface area contributed by atoms with Crippen LogP contribution in [0.1, 0.15) is 57.8 Å². The van der Waals surface area contributed by atoms with Crippen molar-refractivity contribution < 1.29 is 9.53 Å². The van der Waals surface area contributed by atoms with Crippen LogP contribution < -0.4 is 10.2 Å². The summed E-state index contributed by atoms with van der Waals surface area (Å²) in [5, 5.41) is 3.31. The number of benzene rings is 1. The lowest BCUT2D eigenvalue weighted by molar-refractivity contribution is -0.125. The van der Waals surface area contributed by atoms with Crippen LogP contribution in [0.3, 0.4) is 0 Å². The van der Waals surface area contributed by atoms with Gasteiger partial charge in [-0.3, -0.25) is 9.69 Å². The summed E-state index contributed by atoms with van der Waals surface area (Å²) in [5.74, 6) is 0.171. The third kappa shape index (κ3) is 5.32. The average molecular weight is 400 g/mol. The Morgan fingerprint density at radius 1 is 1.00 bits per heavy atom. The van der Waals surface area contributed by atoms with Gasteiger partial charge in [-0.15, -0.1) is 0 Å². The highest BCUT2D eigenvalue weighted by molar-refractivity contribution is 5.76. The van der Waals surface area contributed by atoms with Gasteiger partial charge in [-0.2, -0.15) is 0 Å². The van der Waals surface area contributed by atoms with Gasteiger partial charge in [-0.05, 0) is 44.2 Å². The Kier molecular flexibility index (Phi) is 7.09. The maximum Gasteiger partial charge on any atom is 0.222 e. The van der Waals surface area contributed by atoms with Gasteiger partial charge in [0.1, 0.15) is 0 Å². The lowest BCUT2D eigenvalue weighted by atomic mass is 9.79. The molecule has 3 fully saturated rings. The van der Waals surface area contributed by atoms with E-state index in [0.29, 0.717) is 6.42 Å². The van der Waals surface area contributed by atoms with Crippen molar-refractivity contribution in [1.29, 1.82) is 0 Å². The van der Waals surface area contributed by atoms with E-state index in [1.54, 1.807) is 0 Å². The van der Waals surface area contributed by atoms with Crippen molar-refractivity contribution >= 4 is 11.6 Å². The van der Waals surface area contributed by atoms with Gasteiger partial charge in [0.15, 0.2) is 0 Å². The molecule has 1 N–H and O–H groups in total. The van der Waals surface area contributed by atoms with Crippen LogP contribution in [0.4, 0.5) is 5.69 Å². The maximum atomic E-state index is 12.6. The fraction of sp³-hybridized carbons (Fsp3) is 0.708. The Hall–Kier alpha value is -1.59. The molecule has 1 amide bonds. The van der Waals surface area contributed by atoms with Crippen molar-refractivity contribution in [3.8, 4) is 0 Å². The minimum atomic E-state index is 0.125. The molecule has 3 aliphatic rings. The third-order valence-electron chi connectivity index (χ3n) is 7.16. The quantitative estimate of drug-likeness (QED) is 0.794. The van der Waals surface area contributed by atoms with Crippen LogP contribution in [0.2, 0.25) is 0 Å². The van der Waals surface area contributed by atoms with Crippen LogP contribution in [-0.4, -0.2) is 61.8 Å². The second kappa shape index (κ2) is 9.94. The molecule has 1 saturated carbocycles. The summed E-state index contributed by atoms with van der Waals surface area (Å²) in [6.07, 6.45) is 10.3. The fourth-order valence-corrected chi connectivity index (χ4v) is 5.40. The van der Waals surface area contributed by atoms with Crippen LogP contribution in [0.25, 0.3) is 0 Å². The predicted octanol–water partition coefficient (Wildman–Crippen LogP) is 3.59. The molecule has 1 atom stereocenters. The third-order valence-corrected chi connectivity index (χ3v) is 7.16. The molecule has 1 aromatic carbocycles. The number of hydrogen-bond acceptors (Lipinski definition) is 4. The highest BCUT2D eigenvalue weighted by Crippen LogP contribution is 2.34. The number of rotatable bonds is 6. The Morgan fingerprint density at radius 3 is 2.45 bits per heavy atom. The van der Waals surface area contributed by atoms with E-state index < -0.39 is 0 Å². The largest absolute Gasteiger partial charge is 0.378 e. The maximum absolute atomic E-state index is 12.6.